The highest BCUT2D eigenvalue weighted by molar-refractivity contribution is 7.17. The standard InChI is InChI=1S/C8H10N2OS/c1-5-7(6(2)11)12-8-9-3-4-10(5)8/h3-4,6,11H,1-2H3/t6-/m1/s1. The summed E-state index contributed by atoms with van der Waals surface area (Å²) >= 11 is 1.54. The van der Waals surface area contributed by atoms with Crippen LogP contribution in [-0.4, -0.2) is 14.5 Å². The molecule has 0 radical (unpaired) electrons. The highest BCUT2D eigenvalue weighted by Gasteiger charge is 2.12. The smallest absolute Gasteiger partial charge is 0.194 e. The fourth-order valence-corrected chi connectivity index (χ4v) is 2.32. The maximum atomic E-state index is 9.39. The molecular formula is C8H10N2OS. The Morgan fingerprint density at radius 1 is 1.67 bits per heavy atom. The number of thiazole rings is 1. The third kappa shape index (κ3) is 0.956. The zero-order chi connectivity index (χ0) is 8.72. The lowest BCUT2D eigenvalue weighted by molar-refractivity contribution is 0.202. The zero-order valence-corrected chi connectivity index (χ0v) is 7.80. The number of fused-ring (bicyclic) bond motifs is 1. The van der Waals surface area contributed by atoms with Gasteiger partial charge in [-0.2, -0.15) is 0 Å². The van der Waals surface area contributed by atoms with Gasteiger partial charge in [0, 0.05) is 18.1 Å². The molecule has 0 saturated carbocycles. The van der Waals surface area contributed by atoms with Gasteiger partial charge in [-0.05, 0) is 13.8 Å². The van der Waals surface area contributed by atoms with E-state index in [1.165, 1.54) is 0 Å². The van der Waals surface area contributed by atoms with Gasteiger partial charge in [0.25, 0.3) is 0 Å². The van der Waals surface area contributed by atoms with Crippen LogP contribution in [0.25, 0.3) is 4.96 Å². The molecule has 2 heterocycles. The predicted molar refractivity (Wildman–Crippen MR) is 48.4 cm³/mol. The Balaban J connectivity index is 2.70. The monoisotopic (exact) mass is 182 g/mol. The van der Waals surface area contributed by atoms with Gasteiger partial charge in [0.1, 0.15) is 0 Å². The summed E-state index contributed by atoms with van der Waals surface area (Å²) in [5.41, 5.74) is 1.09. The van der Waals surface area contributed by atoms with Crippen LogP contribution in [0.1, 0.15) is 23.6 Å². The van der Waals surface area contributed by atoms with E-state index in [0.29, 0.717) is 0 Å². The van der Waals surface area contributed by atoms with Crippen molar-refractivity contribution in [2.75, 3.05) is 0 Å². The number of aliphatic hydroxyl groups is 1. The van der Waals surface area contributed by atoms with E-state index in [1.807, 2.05) is 17.5 Å². The van der Waals surface area contributed by atoms with Crippen LogP contribution in [0.5, 0.6) is 0 Å². The molecule has 1 N–H and O–H groups in total. The molecule has 4 heteroatoms. The fraction of sp³-hybridized carbons (Fsp3) is 0.375. The lowest BCUT2D eigenvalue weighted by Crippen LogP contribution is -1.91. The topological polar surface area (TPSA) is 37.5 Å². The normalized spacial score (nSPS) is 13.9. The molecule has 64 valence electrons. The number of nitrogens with zero attached hydrogens (tertiary/aromatic N) is 2. The van der Waals surface area contributed by atoms with E-state index in [4.69, 9.17) is 0 Å². The van der Waals surface area contributed by atoms with Crippen LogP contribution in [0.15, 0.2) is 12.4 Å². The molecule has 0 unspecified atom stereocenters. The molecule has 2 aromatic heterocycles. The van der Waals surface area contributed by atoms with Gasteiger partial charge >= 0.3 is 0 Å². The Kier molecular flexibility index (Phi) is 1.66. The van der Waals surface area contributed by atoms with Crippen molar-refractivity contribution >= 4 is 16.3 Å². The van der Waals surface area contributed by atoms with Gasteiger partial charge in [-0.25, -0.2) is 4.98 Å². The molecular weight excluding hydrogens is 172 g/mol. The summed E-state index contributed by atoms with van der Waals surface area (Å²) in [6.45, 7) is 3.77. The molecule has 1 atom stereocenters. The lowest BCUT2D eigenvalue weighted by atomic mass is 10.3. The summed E-state index contributed by atoms with van der Waals surface area (Å²) < 4.78 is 1.99. The number of hydrogen-bond donors (Lipinski definition) is 1. The van der Waals surface area contributed by atoms with Crippen LogP contribution >= 0.6 is 11.3 Å². The first-order chi connectivity index (χ1) is 5.70. The fourth-order valence-electron chi connectivity index (χ4n) is 1.30. The van der Waals surface area contributed by atoms with Gasteiger partial charge < -0.3 is 5.11 Å². The van der Waals surface area contributed by atoms with Gasteiger partial charge in [0.15, 0.2) is 4.96 Å². The van der Waals surface area contributed by atoms with Gasteiger partial charge in [-0.3, -0.25) is 4.40 Å². The van der Waals surface area contributed by atoms with Gasteiger partial charge in [-0.1, -0.05) is 11.3 Å². The zero-order valence-electron chi connectivity index (χ0n) is 6.98. The number of aryl methyl sites for hydroxylation is 1. The molecule has 12 heavy (non-hydrogen) atoms. The Hall–Kier alpha value is -0.870. The van der Waals surface area contributed by atoms with E-state index in [9.17, 15) is 5.11 Å². The first-order valence-electron chi connectivity index (χ1n) is 3.80. The van der Waals surface area contributed by atoms with Crippen molar-refractivity contribution < 1.29 is 5.11 Å². The third-order valence-electron chi connectivity index (χ3n) is 1.91. The van der Waals surface area contributed by atoms with Crippen molar-refractivity contribution in [3.8, 4) is 0 Å². The molecule has 0 fully saturated rings. The van der Waals surface area contributed by atoms with E-state index >= 15 is 0 Å². The number of aliphatic hydroxyl groups excluding tert-OH is 1. The third-order valence-corrected chi connectivity index (χ3v) is 3.25. The Morgan fingerprint density at radius 3 is 3.00 bits per heavy atom. The average Bonchev–Trinajstić information content (AvgIpc) is 2.53. The van der Waals surface area contributed by atoms with Crippen molar-refractivity contribution in [1.29, 1.82) is 0 Å². The van der Waals surface area contributed by atoms with E-state index < -0.39 is 6.10 Å². The Labute approximate surface area is 74.3 Å². The van der Waals surface area contributed by atoms with Crippen molar-refractivity contribution in [3.05, 3.63) is 23.0 Å². The molecule has 0 spiro atoms. The van der Waals surface area contributed by atoms with Crippen LogP contribution in [0, 0.1) is 6.92 Å². The second-order valence-corrected chi connectivity index (χ2v) is 3.82. The highest BCUT2D eigenvalue weighted by atomic mass is 32.1. The molecule has 0 aliphatic heterocycles. The molecule has 0 bridgehead atoms. The first-order valence-corrected chi connectivity index (χ1v) is 4.62. The van der Waals surface area contributed by atoms with Crippen molar-refractivity contribution in [2.45, 2.75) is 20.0 Å². The Bertz CT molecular complexity index is 402. The SMILES string of the molecule is Cc1c([C@@H](C)O)sc2nccn12. The summed E-state index contributed by atoms with van der Waals surface area (Å²) in [4.78, 5) is 6.10. The van der Waals surface area contributed by atoms with E-state index in [0.717, 1.165) is 15.5 Å². The average molecular weight is 182 g/mol. The number of hydrogen-bond acceptors (Lipinski definition) is 3. The van der Waals surface area contributed by atoms with Gasteiger partial charge in [0.2, 0.25) is 0 Å². The molecule has 0 aromatic carbocycles. The quantitative estimate of drug-likeness (QED) is 0.729. The molecule has 3 nitrogen and oxygen atoms in total. The second kappa shape index (κ2) is 2.57. The molecule has 0 saturated heterocycles. The number of rotatable bonds is 1. The number of imidazole rings is 1. The van der Waals surface area contributed by atoms with E-state index in [1.54, 1.807) is 24.5 Å². The van der Waals surface area contributed by atoms with Crippen molar-refractivity contribution in [3.63, 3.8) is 0 Å². The molecule has 0 aliphatic rings. The van der Waals surface area contributed by atoms with Gasteiger partial charge in [0.05, 0.1) is 11.0 Å². The minimum atomic E-state index is -0.392. The summed E-state index contributed by atoms with van der Waals surface area (Å²) in [5.74, 6) is 0. The van der Waals surface area contributed by atoms with E-state index in [-0.39, 0.29) is 0 Å². The van der Waals surface area contributed by atoms with Gasteiger partial charge in [-0.15, -0.1) is 0 Å². The summed E-state index contributed by atoms with van der Waals surface area (Å²) in [7, 11) is 0. The number of aromatic nitrogens is 2. The molecule has 2 rings (SSSR count). The summed E-state index contributed by atoms with van der Waals surface area (Å²) in [6.07, 6.45) is 3.29. The molecule has 0 aliphatic carbocycles. The highest BCUT2D eigenvalue weighted by Crippen LogP contribution is 2.26. The maximum absolute atomic E-state index is 9.39. The van der Waals surface area contributed by atoms with Crippen molar-refractivity contribution in [2.24, 2.45) is 0 Å². The van der Waals surface area contributed by atoms with Crippen LogP contribution in [0.4, 0.5) is 0 Å². The molecule has 2 aromatic rings. The van der Waals surface area contributed by atoms with Crippen LogP contribution in [-0.2, 0) is 0 Å². The lowest BCUT2D eigenvalue weighted by Gasteiger charge is -2.00. The minimum absolute atomic E-state index is 0.392. The summed E-state index contributed by atoms with van der Waals surface area (Å²) in [6, 6.07) is 0. The largest absolute Gasteiger partial charge is 0.388 e. The maximum Gasteiger partial charge on any atom is 0.194 e. The van der Waals surface area contributed by atoms with E-state index in [2.05, 4.69) is 4.98 Å². The van der Waals surface area contributed by atoms with Crippen LogP contribution < -0.4 is 0 Å². The first kappa shape index (κ1) is 7.76. The van der Waals surface area contributed by atoms with Crippen molar-refractivity contribution in [1.82, 2.24) is 9.38 Å². The molecule has 0 amide bonds. The van der Waals surface area contributed by atoms with Crippen LogP contribution in [0.2, 0.25) is 0 Å². The second-order valence-electron chi connectivity index (χ2n) is 2.81. The minimum Gasteiger partial charge on any atom is -0.388 e. The van der Waals surface area contributed by atoms with Crippen LogP contribution in [0.3, 0.4) is 0 Å². The Morgan fingerprint density at radius 2 is 2.42 bits per heavy atom. The summed E-state index contributed by atoms with van der Waals surface area (Å²) in [5, 5.41) is 9.39. The predicted octanol–water partition coefficient (Wildman–Crippen LogP) is 1.76.